The van der Waals surface area contributed by atoms with Gasteiger partial charge in [-0.1, -0.05) is 0 Å². The van der Waals surface area contributed by atoms with Crippen LogP contribution in [0.3, 0.4) is 0 Å². The normalized spacial score (nSPS) is 12.5. The summed E-state index contributed by atoms with van der Waals surface area (Å²) < 4.78 is 20.8. The number of nitrogens with two attached hydrogens (primary N) is 1. The molecule has 0 aromatic heterocycles. The maximum atomic E-state index is 11.9. The van der Waals surface area contributed by atoms with Gasteiger partial charge in [0.15, 0.2) is 11.5 Å². The van der Waals surface area contributed by atoms with Gasteiger partial charge >= 0.3 is 5.97 Å². The van der Waals surface area contributed by atoms with Crippen LogP contribution in [0.25, 0.3) is 0 Å². The summed E-state index contributed by atoms with van der Waals surface area (Å²) in [7, 11) is 5.90. The fourth-order valence-electron chi connectivity index (χ4n) is 2.15. The standard InChI is InChI=1S/C15H23NO5/c1-15(2,14(17)21-6)13(16)9-7-8-10(18-3)12(20-5)11(9)19-4/h7-8,13H,16H2,1-6H3/t13-/m1/s1. The number of carbonyl (C=O) groups excluding carboxylic acids is 1. The Bertz CT molecular complexity index is 513. The van der Waals surface area contributed by atoms with E-state index in [1.165, 1.54) is 28.4 Å². The first kappa shape index (κ1) is 17.1. The van der Waals surface area contributed by atoms with Gasteiger partial charge in [0.2, 0.25) is 5.75 Å². The number of methoxy groups -OCH3 is 4. The Balaban J connectivity index is 3.40. The van der Waals surface area contributed by atoms with Gasteiger partial charge in [-0.05, 0) is 26.0 Å². The number of esters is 1. The van der Waals surface area contributed by atoms with Crippen LogP contribution < -0.4 is 19.9 Å². The Morgan fingerprint density at radius 3 is 2.05 bits per heavy atom. The SMILES string of the molecule is COC(=O)C(C)(C)[C@H](N)c1ccc(OC)c(OC)c1OC. The molecule has 0 aliphatic carbocycles. The van der Waals surface area contributed by atoms with E-state index >= 15 is 0 Å². The lowest BCUT2D eigenvalue weighted by molar-refractivity contribution is -0.152. The van der Waals surface area contributed by atoms with Crippen LogP contribution in [-0.4, -0.2) is 34.4 Å². The van der Waals surface area contributed by atoms with Crippen molar-refractivity contribution in [3.05, 3.63) is 17.7 Å². The molecule has 0 fully saturated rings. The van der Waals surface area contributed by atoms with Gasteiger partial charge in [-0.25, -0.2) is 0 Å². The van der Waals surface area contributed by atoms with Gasteiger partial charge in [0.1, 0.15) is 0 Å². The lowest BCUT2D eigenvalue weighted by Crippen LogP contribution is -2.37. The van der Waals surface area contributed by atoms with E-state index in [2.05, 4.69) is 0 Å². The van der Waals surface area contributed by atoms with Crippen molar-refractivity contribution in [3.63, 3.8) is 0 Å². The lowest BCUT2D eigenvalue weighted by atomic mass is 9.80. The minimum absolute atomic E-state index is 0.396. The Hall–Kier alpha value is -1.95. The highest BCUT2D eigenvalue weighted by Crippen LogP contribution is 2.45. The van der Waals surface area contributed by atoms with Crippen molar-refractivity contribution < 1.29 is 23.7 Å². The van der Waals surface area contributed by atoms with Crippen molar-refractivity contribution in [1.82, 2.24) is 0 Å². The van der Waals surface area contributed by atoms with Crippen molar-refractivity contribution in [2.24, 2.45) is 11.1 Å². The third-order valence-corrected chi connectivity index (χ3v) is 3.56. The van der Waals surface area contributed by atoms with E-state index in [1.807, 2.05) is 0 Å². The Morgan fingerprint density at radius 2 is 1.62 bits per heavy atom. The van der Waals surface area contributed by atoms with E-state index in [0.29, 0.717) is 22.8 Å². The molecule has 118 valence electrons. The lowest BCUT2D eigenvalue weighted by Gasteiger charge is -2.30. The molecule has 6 heteroatoms. The molecule has 0 heterocycles. The predicted molar refractivity (Wildman–Crippen MR) is 78.8 cm³/mol. The van der Waals surface area contributed by atoms with Crippen LogP contribution in [0, 0.1) is 5.41 Å². The number of benzene rings is 1. The first-order valence-electron chi connectivity index (χ1n) is 6.47. The second kappa shape index (κ2) is 6.67. The second-order valence-corrected chi connectivity index (χ2v) is 5.11. The number of hydrogen-bond acceptors (Lipinski definition) is 6. The number of rotatable bonds is 6. The topological polar surface area (TPSA) is 80.0 Å². The van der Waals surface area contributed by atoms with Crippen LogP contribution in [0.2, 0.25) is 0 Å². The van der Waals surface area contributed by atoms with Crippen LogP contribution >= 0.6 is 0 Å². The minimum atomic E-state index is -0.915. The molecule has 0 spiro atoms. The molecule has 0 radical (unpaired) electrons. The molecule has 6 nitrogen and oxygen atoms in total. The summed E-state index contributed by atoms with van der Waals surface area (Å²) in [5.41, 5.74) is 5.99. The van der Waals surface area contributed by atoms with Gasteiger partial charge < -0.3 is 24.7 Å². The average molecular weight is 297 g/mol. The molecule has 1 aromatic rings. The molecule has 2 N–H and O–H groups in total. The summed E-state index contributed by atoms with van der Waals surface area (Å²) in [6, 6.07) is 2.86. The average Bonchev–Trinajstić information content (AvgIpc) is 2.51. The highest BCUT2D eigenvalue weighted by atomic mass is 16.5. The minimum Gasteiger partial charge on any atom is -0.493 e. The fraction of sp³-hybridized carbons (Fsp3) is 0.533. The van der Waals surface area contributed by atoms with Crippen LogP contribution in [0.1, 0.15) is 25.5 Å². The monoisotopic (exact) mass is 297 g/mol. The third-order valence-electron chi connectivity index (χ3n) is 3.56. The molecule has 0 unspecified atom stereocenters. The zero-order chi connectivity index (χ0) is 16.2. The van der Waals surface area contributed by atoms with E-state index in [1.54, 1.807) is 26.0 Å². The zero-order valence-electron chi connectivity index (χ0n) is 13.4. The number of ether oxygens (including phenoxy) is 4. The van der Waals surface area contributed by atoms with Crippen LogP contribution in [-0.2, 0) is 9.53 Å². The first-order valence-corrected chi connectivity index (χ1v) is 6.47. The molecule has 1 atom stereocenters. The van der Waals surface area contributed by atoms with Gasteiger partial charge in [0, 0.05) is 11.6 Å². The number of carbonyl (C=O) groups is 1. The summed E-state index contributed by atoms with van der Waals surface area (Å²) >= 11 is 0. The molecule has 1 rings (SSSR count). The second-order valence-electron chi connectivity index (χ2n) is 5.11. The van der Waals surface area contributed by atoms with Crippen LogP contribution in [0.15, 0.2) is 12.1 Å². The van der Waals surface area contributed by atoms with Gasteiger partial charge in [-0.2, -0.15) is 0 Å². The summed E-state index contributed by atoms with van der Waals surface area (Å²) in [6.45, 7) is 3.44. The Kier molecular flexibility index (Phi) is 5.43. The van der Waals surface area contributed by atoms with Crippen molar-refractivity contribution in [2.75, 3.05) is 28.4 Å². The van der Waals surface area contributed by atoms with E-state index in [9.17, 15) is 4.79 Å². The Morgan fingerprint density at radius 1 is 1.05 bits per heavy atom. The first-order chi connectivity index (χ1) is 9.84. The van der Waals surface area contributed by atoms with Crippen LogP contribution in [0.4, 0.5) is 0 Å². The molecule has 21 heavy (non-hydrogen) atoms. The molecule has 0 saturated heterocycles. The smallest absolute Gasteiger partial charge is 0.313 e. The van der Waals surface area contributed by atoms with Gasteiger partial charge in [0.25, 0.3) is 0 Å². The van der Waals surface area contributed by atoms with Gasteiger partial charge in [-0.3, -0.25) is 4.79 Å². The zero-order valence-corrected chi connectivity index (χ0v) is 13.4. The number of hydrogen-bond donors (Lipinski definition) is 1. The molecular formula is C15H23NO5. The Labute approximate surface area is 125 Å². The third kappa shape index (κ3) is 3.05. The maximum absolute atomic E-state index is 11.9. The highest BCUT2D eigenvalue weighted by Gasteiger charge is 2.38. The summed E-state index contributed by atoms with van der Waals surface area (Å²) in [6.07, 6.45) is 0. The van der Waals surface area contributed by atoms with E-state index in [4.69, 9.17) is 24.7 Å². The van der Waals surface area contributed by atoms with E-state index < -0.39 is 17.4 Å². The molecule has 0 saturated carbocycles. The molecule has 1 aromatic carbocycles. The summed E-state index contributed by atoms with van der Waals surface area (Å²) in [5.74, 6) is 1.02. The summed E-state index contributed by atoms with van der Waals surface area (Å²) in [4.78, 5) is 11.9. The molecule has 0 bridgehead atoms. The largest absolute Gasteiger partial charge is 0.493 e. The molecule has 0 aliphatic heterocycles. The molecule has 0 aliphatic rings. The highest BCUT2D eigenvalue weighted by molar-refractivity contribution is 5.77. The summed E-state index contributed by atoms with van der Waals surface area (Å²) in [5, 5.41) is 0. The van der Waals surface area contributed by atoms with E-state index in [0.717, 1.165) is 0 Å². The molecule has 0 amide bonds. The quantitative estimate of drug-likeness (QED) is 0.808. The van der Waals surface area contributed by atoms with Crippen molar-refractivity contribution >= 4 is 5.97 Å². The van der Waals surface area contributed by atoms with Crippen LogP contribution in [0.5, 0.6) is 17.2 Å². The van der Waals surface area contributed by atoms with Crippen molar-refractivity contribution in [3.8, 4) is 17.2 Å². The van der Waals surface area contributed by atoms with Gasteiger partial charge in [0.05, 0.1) is 33.9 Å². The van der Waals surface area contributed by atoms with Crippen molar-refractivity contribution in [1.29, 1.82) is 0 Å². The fourth-order valence-corrected chi connectivity index (χ4v) is 2.15. The molecular weight excluding hydrogens is 274 g/mol. The van der Waals surface area contributed by atoms with Crippen molar-refractivity contribution in [2.45, 2.75) is 19.9 Å². The predicted octanol–water partition coefficient (Wildman–Crippen LogP) is 1.91. The van der Waals surface area contributed by atoms with Gasteiger partial charge in [-0.15, -0.1) is 0 Å². The van der Waals surface area contributed by atoms with E-state index in [-0.39, 0.29) is 0 Å². The maximum Gasteiger partial charge on any atom is 0.313 e.